The van der Waals surface area contributed by atoms with Gasteiger partial charge in [-0.15, -0.1) is 0 Å². The van der Waals surface area contributed by atoms with E-state index in [4.69, 9.17) is 21.7 Å². The van der Waals surface area contributed by atoms with Gasteiger partial charge < -0.3 is 19.5 Å². The first-order valence-electron chi connectivity index (χ1n) is 10.9. The zero-order valence-electron chi connectivity index (χ0n) is 19.6. The summed E-state index contributed by atoms with van der Waals surface area (Å²) in [5.74, 6) is -0.991. The molecule has 3 rings (SSSR count). The summed E-state index contributed by atoms with van der Waals surface area (Å²) < 4.78 is 11.2. The van der Waals surface area contributed by atoms with Crippen molar-refractivity contribution in [2.24, 2.45) is 0 Å². The number of carbonyl (C=O) groups is 3. The van der Waals surface area contributed by atoms with Crippen molar-refractivity contribution in [1.82, 2.24) is 9.80 Å². The van der Waals surface area contributed by atoms with Gasteiger partial charge in [-0.05, 0) is 43.2 Å². The van der Waals surface area contributed by atoms with Crippen LogP contribution in [0.4, 0.5) is 0 Å². The van der Waals surface area contributed by atoms with Crippen LogP contribution in [0.15, 0.2) is 53.4 Å². The average Bonchev–Trinajstić information content (AvgIpc) is 3.12. The third-order valence-electron chi connectivity index (χ3n) is 5.38. The van der Waals surface area contributed by atoms with Crippen molar-refractivity contribution >= 4 is 52.2 Å². The predicted molar refractivity (Wildman–Crippen MR) is 138 cm³/mol. The number of thioether (sulfide) groups is 1. The van der Waals surface area contributed by atoms with Crippen molar-refractivity contribution in [1.29, 1.82) is 0 Å². The first kappa shape index (κ1) is 26.2. The molecule has 2 aromatic carbocycles. The molecule has 0 spiro atoms. The maximum absolute atomic E-state index is 13.1. The van der Waals surface area contributed by atoms with Gasteiger partial charge in [-0.1, -0.05) is 60.4 Å². The lowest BCUT2D eigenvalue weighted by atomic mass is 10.1. The first-order valence-corrected chi connectivity index (χ1v) is 12.2. The van der Waals surface area contributed by atoms with Crippen LogP contribution in [0.1, 0.15) is 31.0 Å². The van der Waals surface area contributed by atoms with Gasteiger partial charge >= 0.3 is 5.97 Å². The molecule has 35 heavy (non-hydrogen) atoms. The topological polar surface area (TPSA) is 96.4 Å². The minimum Gasteiger partial charge on any atom is -0.493 e. The molecule has 0 saturated carbocycles. The monoisotopic (exact) mass is 514 g/mol. The highest BCUT2D eigenvalue weighted by Crippen LogP contribution is 2.39. The lowest BCUT2D eigenvalue weighted by Gasteiger charge is -2.23. The number of thiocarbonyl (C=S) groups is 1. The molecule has 1 aliphatic heterocycles. The fraction of sp³-hybridized carbons (Fsp3) is 0.280. The van der Waals surface area contributed by atoms with E-state index in [1.807, 2.05) is 13.8 Å². The predicted octanol–water partition coefficient (Wildman–Crippen LogP) is 3.97. The fourth-order valence-electron chi connectivity index (χ4n) is 3.59. The van der Waals surface area contributed by atoms with Crippen molar-refractivity contribution in [2.75, 3.05) is 26.8 Å². The number of carboxylic acid groups (broad SMARTS) is 1. The van der Waals surface area contributed by atoms with Gasteiger partial charge in [0.1, 0.15) is 4.32 Å². The van der Waals surface area contributed by atoms with Gasteiger partial charge in [0, 0.05) is 13.1 Å². The summed E-state index contributed by atoms with van der Waals surface area (Å²) in [6.07, 6.45) is 1.62. The highest BCUT2D eigenvalue weighted by Gasteiger charge is 2.41. The molecule has 1 N–H and O–H groups in total. The highest BCUT2D eigenvalue weighted by atomic mass is 32.2. The number of amides is 2. The lowest BCUT2D eigenvalue weighted by molar-refractivity contribution is -0.145. The van der Waals surface area contributed by atoms with Crippen LogP contribution in [0.3, 0.4) is 0 Å². The molecule has 0 aliphatic carbocycles. The number of benzene rings is 2. The number of nitrogens with zero attached hydrogens (tertiary/aromatic N) is 2. The number of hydrogen-bond acceptors (Lipinski definition) is 7. The molecule has 0 aromatic heterocycles. The smallest absolute Gasteiger partial charge is 0.331 e. The molecule has 1 aliphatic rings. The van der Waals surface area contributed by atoms with Crippen LogP contribution in [-0.2, 0) is 14.4 Å². The van der Waals surface area contributed by atoms with Crippen LogP contribution in [0.2, 0.25) is 0 Å². The SMILES string of the molecule is CCN(CC)C(=O)COc1ccc(/C=C2/SC(=S)N(C(C(=O)O)c3ccccc3)C2=O)cc1OC. The maximum atomic E-state index is 13.1. The molecule has 0 radical (unpaired) electrons. The molecule has 1 fully saturated rings. The Morgan fingerprint density at radius 3 is 2.43 bits per heavy atom. The van der Waals surface area contributed by atoms with E-state index < -0.39 is 17.9 Å². The third kappa shape index (κ3) is 6.01. The van der Waals surface area contributed by atoms with Gasteiger partial charge in [0.05, 0.1) is 12.0 Å². The minimum absolute atomic E-state index is 0.119. The van der Waals surface area contributed by atoms with Crippen LogP contribution in [0.5, 0.6) is 11.5 Å². The largest absolute Gasteiger partial charge is 0.493 e. The van der Waals surface area contributed by atoms with Crippen molar-refractivity contribution in [2.45, 2.75) is 19.9 Å². The van der Waals surface area contributed by atoms with E-state index in [2.05, 4.69) is 0 Å². The molecular formula is C25H26N2O6S2. The summed E-state index contributed by atoms with van der Waals surface area (Å²) >= 11 is 6.40. The van der Waals surface area contributed by atoms with E-state index in [0.29, 0.717) is 40.6 Å². The Balaban J connectivity index is 1.81. The Morgan fingerprint density at radius 2 is 1.83 bits per heavy atom. The van der Waals surface area contributed by atoms with E-state index >= 15 is 0 Å². The second kappa shape index (κ2) is 11.9. The molecule has 1 unspecified atom stereocenters. The molecule has 8 nitrogen and oxygen atoms in total. The van der Waals surface area contributed by atoms with Crippen LogP contribution in [-0.4, -0.2) is 63.8 Å². The number of rotatable bonds is 10. The van der Waals surface area contributed by atoms with Crippen LogP contribution < -0.4 is 9.47 Å². The molecule has 10 heteroatoms. The van der Waals surface area contributed by atoms with Gasteiger partial charge in [0.15, 0.2) is 24.1 Å². The highest BCUT2D eigenvalue weighted by molar-refractivity contribution is 8.26. The Morgan fingerprint density at radius 1 is 1.14 bits per heavy atom. The first-order chi connectivity index (χ1) is 16.8. The van der Waals surface area contributed by atoms with E-state index in [9.17, 15) is 19.5 Å². The van der Waals surface area contributed by atoms with Crippen LogP contribution in [0, 0.1) is 0 Å². The number of carbonyl (C=O) groups excluding carboxylic acids is 2. The van der Waals surface area contributed by atoms with Gasteiger partial charge in [0.2, 0.25) is 0 Å². The van der Waals surface area contributed by atoms with Gasteiger partial charge in [-0.3, -0.25) is 14.5 Å². The second-order valence-electron chi connectivity index (χ2n) is 7.47. The Bertz CT molecular complexity index is 1150. The Kier molecular flexibility index (Phi) is 8.89. The van der Waals surface area contributed by atoms with Crippen LogP contribution in [0.25, 0.3) is 6.08 Å². The van der Waals surface area contributed by atoms with E-state index in [1.54, 1.807) is 59.5 Å². The normalized spacial score (nSPS) is 15.3. The van der Waals surface area contributed by atoms with E-state index in [1.165, 1.54) is 7.11 Å². The molecule has 1 saturated heterocycles. The van der Waals surface area contributed by atoms with Gasteiger partial charge in [0.25, 0.3) is 11.8 Å². The molecule has 2 amide bonds. The fourth-order valence-corrected chi connectivity index (χ4v) is 4.90. The van der Waals surface area contributed by atoms with Crippen molar-refractivity contribution in [3.63, 3.8) is 0 Å². The van der Waals surface area contributed by atoms with Crippen molar-refractivity contribution < 1.29 is 29.0 Å². The number of ether oxygens (including phenoxy) is 2. The summed E-state index contributed by atoms with van der Waals surface area (Å²) in [7, 11) is 1.48. The lowest BCUT2D eigenvalue weighted by Crippen LogP contribution is -2.37. The van der Waals surface area contributed by atoms with Crippen LogP contribution >= 0.6 is 24.0 Å². The quantitative estimate of drug-likeness (QED) is 0.376. The third-order valence-corrected chi connectivity index (χ3v) is 6.71. The Labute approximate surface area is 213 Å². The molecular weight excluding hydrogens is 488 g/mol. The summed E-state index contributed by atoms with van der Waals surface area (Å²) in [4.78, 5) is 40.5. The summed E-state index contributed by atoms with van der Waals surface area (Å²) in [5, 5.41) is 9.81. The number of hydrogen-bond donors (Lipinski definition) is 1. The van der Waals surface area contributed by atoms with Gasteiger partial charge in [-0.25, -0.2) is 4.79 Å². The number of likely N-dealkylation sites (N-methyl/N-ethyl adjacent to an activating group) is 1. The Hall–Kier alpha value is -3.37. The average molecular weight is 515 g/mol. The molecule has 1 atom stereocenters. The molecule has 184 valence electrons. The summed E-state index contributed by atoms with van der Waals surface area (Å²) in [6, 6.07) is 12.3. The molecule has 2 aromatic rings. The zero-order valence-corrected chi connectivity index (χ0v) is 21.2. The number of aliphatic carboxylic acids is 1. The van der Waals surface area contributed by atoms with E-state index in [0.717, 1.165) is 16.7 Å². The van der Waals surface area contributed by atoms with Gasteiger partial charge in [-0.2, -0.15) is 0 Å². The minimum atomic E-state index is -1.22. The standard InChI is InChI=1S/C25H26N2O6S2/c1-4-26(5-2)21(28)15-33-18-12-11-16(13-19(18)32-3)14-20-23(29)27(25(34)35-20)22(24(30)31)17-9-7-6-8-10-17/h6-14,22H,4-5,15H2,1-3H3,(H,30,31)/b20-14+. The molecule has 1 heterocycles. The van der Waals surface area contributed by atoms with Crippen molar-refractivity contribution in [3.8, 4) is 11.5 Å². The number of carboxylic acids is 1. The second-order valence-corrected chi connectivity index (χ2v) is 9.14. The van der Waals surface area contributed by atoms with Crippen molar-refractivity contribution in [3.05, 3.63) is 64.6 Å². The van der Waals surface area contributed by atoms with E-state index in [-0.39, 0.29) is 16.8 Å². The number of methoxy groups -OCH3 is 1. The molecule has 0 bridgehead atoms. The summed E-state index contributed by atoms with van der Waals surface area (Å²) in [6.45, 7) is 4.88. The maximum Gasteiger partial charge on any atom is 0.331 e. The zero-order chi connectivity index (χ0) is 25.5. The summed E-state index contributed by atoms with van der Waals surface area (Å²) in [5.41, 5.74) is 1.09.